The number of ketones is 1. The molecule has 0 aliphatic heterocycles. The second-order valence-electron chi connectivity index (χ2n) is 6.87. The number of carbonyl (C=O) groups excluding carboxylic acids is 1. The molecule has 0 spiro atoms. The summed E-state index contributed by atoms with van der Waals surface area (Å²) in [5.41, 5.74) is 5.22. The molecule has 1 aromatic heterocycles. The van der Waals surface area contributed by atoms with E-state index in [-0.39, 0.29) is 11.7 Å². The van der Waals surface area contributed by atoms with E-state index < -0.39 is 0 Å². The van der Waals surface area contributed by atoms with Crippen LogP contribution in [-0.4, -0.2) is 10.8 Å². The fourth-order valence-electron chi connectivity index (χ4n) is 3.19. The van der Waals surface area contributed by atoms with Gasteiger partial charge in [0.05, 0.1) is 0 Å². The number of hydrogen-bond donors (Lipinski definition) is 0. The van der Waals surface area contributed by atoms with E-state index in [0.29, 0.717) is 22.9 Å². The first kappa shape index (κ1) is 19.6. The number of aryl methyl sites for hydroxylation is 1. The Morgan fingerprint density at radius 1 is 1.00 bits per heavy atom. The first-order chi connectivity index (χ1) is 12.9. The van der Waals surface area contributed by atoms with Crippen molar-refractivity contribution in [3.63, 3.8) is 0 Å². The van der Waals surface area contributed by atoms with Gasteiger partial charge >= 0.3 is 0 Å². The van der Waals surface area contributed by atoms with Gasteiger partial charge in [0.15, 0.2) is 0 Å². The Balaban J connectivity index is 1.64. The van der Waals surface area contributed by atoms with Gasteiger partial charge in [-0.3, -0.25) is 9.78 Å². The van der Waals surface area contributed by atoms with Crippen molar-refractivity contribution in [3.05, 3.63) is 87.7 Å². The number of halogens is 2. The van der Waals surface area contributed by atoms with Gasteiger partial charge in [0.2, 0.25) is 0 Å². The van der Waals surface area contributed by atoms with Crippen molar-refractivity contribution in [3.8, 4) is 11.1 Å². The second-order valence-corrected chi connectivity index (χ2v) is 7.71. The first-order valence-electron chi connectivity index (χ1n) is 8.91. The molecule has 0 N–H and O–H groups in total. The Hall–Kier alpha value is -2.16. The number of rotatable bonds is 6. The topological polar surface area (TPSA) is 30.0 Å². The monoisotopic (exact) mass is 397 g/mol. The highest BCUT2D eigenvalue weighted by atomic mass is 35.5. The largest absolute Gasteiger partial charge is 0.299 e. The van der Waals surface area contributed by atoms with Crippen molar-refractivity contribution < 1.29 is 4.79 Å². The summed E-state index contributed by atoms with van der Waals surface area (Å²) in [6.45, 7) is 3.99. The fraction of sp³-hybridized carbons (Fsp3) is 0.217. The summed E-state index contributed by atoms with van der Waals surface area (Å²) in [6, 6.07) is 17.6. The molecule has 0 aliphatic carbocycles. The highest BCUT2D eigenvalue weighted by molar-refractivity contribution is 6.35. The minimum atomic E-state index is 0.0568. The molecule has 3 aromatic rings. The standard InChI is InChI=1S/C23H21Cl2NO/c1-15(22-8-7-20(24)14-23(22)25)11-21(27)13-17-3-5-18(6-4-17)19-9-10-26-16(2)12-19/h3-10,12,14-15H,11,13H2,1-2H3. The predicted molar refractivity (Wildman–Crippen MR) is 113 cm³/mol. The third kappa shape index (κ3) is 5.18. The number of hydrogen-bond acceptors (Lipinski definition) is 2. The van der Waals surface area contributed by atoms with E-state index in [1.54, 1.807) is 6.07 Å². The van der Waals surface area contributed by atoms with Crippen molar-refractivity contribution in [2.45, 2.75) is 32.6 Å². The van der Waals surface area contributed by atoms with Gasteiger partial charge in [0, 0.05) is 34.8 Å². The molecule has 0 fully saturated rings. The maximum atomic E-state index is 12.5. The van der Waals surface area contributed by atoms with Crippen LogP contribution in [0.2, 0.25) is 10.0 Å². The van der Waals surface area contributed by atoms with Crippen molar-refractivity contribution in [2.24, 2.45) is 0 Å². The molecule has 0 bridgehead atoms. The number of nitrogens with zero attached hydrogens (tertiary/aromatic N) is 1. The van der Waals surface area contributed by atoms with Gasteiger partial charge in [0.1, 0.15) is 5.78 Å². The van der Waals surface area contributed by atoms with Crippen LogP contribution in [0.15, 0.2) is 60.8 Å². The molecule has 0 aliphatic rings. The normalized spacial score (nSPS) is 12.0. The minimum absolute atomic E-state index is 0.0568. The molecule has 1 atom stereocenters. The van der Waals surface area contributed by atoms with Gasteiger partial charge in [-0.05, 0) is 59.4 Å². The molecule has 0 amide bonds. The molecule has 0 radical (unpaired) electrons. The van der Waals surface area contributed by atoms with Crippen molar-refractivity contribution in [1.82, 2.24) is 4.98 Å². The SMILES string of the molecule is Cc1cc(-c2ccc(CC(=O)CC(C)c3ccc(Cl)cc3Cl)cc2)ccn1. The molecular formula is C23H21Cl2NO. The highest BCUT2D eigenvalue weighted by Crippen LogP contribution is 2.30. The van der Waals surface area contributed by atoms with Gasteiger partial charge in [-0.15, -0.1) is 0 Å². The Morgan fingerprint density at radius 3 is 2.41 bits per heavy atom. The van der Waals surface area contributed by atoms with E-state index in [1.807, 2.05) is 50.4 Å². The zero-order valence-electron chi connectivity index (χ0n) is 15.4. The van der Waals surface area contributed by atoms with Gasteiger partial charge in [-0.25, -0.2) is 0 Å². The molecule has 3 rings (SSSR count). The summed E-state index contributed by atoms with van der Waals surface area (Å²) < 4.78 is 0. The first-order valence-corrected chi connectivity index (χ1v) is 9.66. The Morgan fingerprint density at radius 2 is 1.74 bits per heavy atom. The smallest absolute Gasteiger partial charge is 0.137 e. The lowest BCUT2D eigenvalue weighted by Gasteiger charge is -2.13. The summed E-state index contributed by atoms with van der Waals surface area (Å²) in [6.07, 6.45) is 2.68. The summed E-state index contributed by atoms with van der Waals surface area (Å²) in [5.74, 6) is 0.252. The maximum absolute atomic E-state index is 12.5. The van der Waals surface area contributed by atoms with Crippen LogP contribution in [0.25, 0.3) is 11.1 Å². The Kier molecular flexibility index (Phi) is 6.30. The molecule has 0 saturated heterocycles. The van der Waals surface area contributed by atoms with Crippen molar-refractivity contribution in [2.75, 3.05) is 0 Å². The van der Waals surface area contributed by atoms with E-state index in [4.69, 9.17) is 23.2 Å². The molecule has 138 valence electrons. The van der Waals surface area contributed by atoms with Crippen LogP contribution in [0.3, 0.4) is 0 Å². The summed E-state index contributed by atoms with van der Waals surface area (Å²) in [4.78, 5) is 16.7. The van der Waals surface area contributed by atoms with Crippen LogP contribution in [0.1, 0.15) is 36.1 Å². The molecule has 0 saturated carbocycles. The quantitative estimate of drug-likeness (QED) is 0.464. The van der Waals surface area contributed by atoms with Crippen LogP contribution in [0, 0.1) is 6.92 Å². The van der Waals surface area contributed by atoms with Crippen LogP contribution in [0.4, 0.5) is 0 Å². The maximum Gasteiger partial charge on any atom is 0.137 e. The Bertz CT molecular complexity index is 951. The molecular weight excluding hydrogens is 377 g/mol. The van der Waals surface area contributed by atoms with E-state index >= 15 is 0 Å². The van der Waals surface area contributed by atoms with E-state index in [0.717, 1.165) is 27.9 Å². The Labute approximate surface area is 170 Å². The number of Topliss-reactive ketones (excluding diaryl/α,β-unsaturated/α-hetero) is 1. The highest BCUT2D eigenvalue weighted by Gasteiger charge is 2.15. The fourth-order valence-corrected chi connectivity index (χ4v) is 3.79. The molecule has 2 nitrogen and oxygen atoms in total. The number of carbonyl (C=O) groups is 1. The van der Waals surface area contributed by atoms with Gasteiger partial charge in [0.25, 0.3) is 0 Å². The van der Waals surface area contributed by atoms with E-state index in [9.17, 15) is 4.79 Å². The average molecular weight is 398 g/mol. The van der Waals surface area contributed by atoms with E-state index in [2.05, 4.69) is 23.2 Å². The van der Waals surface area contributed by atoms with Crippen LogP contribution in [-0.2, 0) is 11.2 Å². The van der Waals surface area contributed by atoms with Crippen LogP contribution in [0.5, 0.6) is 0 Å². The minimum Gasteiger partial charge on any atom is -0.299 e. The number of benzene rings is 2. The second kappa shape index (κ2) is 8.69. The van der Waals surface area contributed by atoms with Gasteiger partial charge in [-0.2, -0.15) is 0 Å². The molecule has 27 heavy (non-hydrogen) atoms. The number of pyridine rings is 1. The summed E-state index contributed by atoms with van der Waals surface area (Å²) >= 11 is 12.2. The summed E-state index contributed by atoms with van der Waals surface area (Å²) in [7, 11) is 0. The lowest BCUT2D eigenvalue weighted by molar-refractivity contribution is -0.118. The van der Waals surface area contributed by atoms with Crippen molar-refractivity contribution in [1.29, 1.82) is 0 Å². The zero-order chi connectivity index (χ0) is 19.4. The molecule has 4 heteroatoms. The zero-order valence-corrected chi connectivity index (χ0v) is 16.9. The van der Waals surface area contributed by atoms with Gasteiger partial charge < -0.3 is 0 Å². The predicted octanol–water partition coefficient (Wildman–Crippen LogP) is 6.67. The van der Waals surface area contributed by atoms with E-state index in [1.165, 1.54) is 0 Å². The molecule has 1 unspecified atom stereocenters. The van der Waals surface area contributed by atoms with Crippen LogP contribution < -0.4 is 0 Å². The third-order valence-corrected chi connectivity index (χ3v) is 5.17. The molecule has 1 heterocycles. The third-order valence-electron chi connectivity index (χ3n) is 4.61. The summed E-state index contributed by atoms with van der Waals surface area (Å²) in [5, 5.41) is 1.21. The van der Waals surface area contributed by atoms with Crippen LogP contribution >= 0.6 is 23.2 Å². The lowest BCUT2D eigenvalue weighted by Crippen LogP contribution is -2.08. The lowest BCUT2D eigenvalue weighted by atomic mass is 9.93. The number of aromatic nitrogens is 1. The van der Waals surface area contributed by atoms with Gasteiger partial charge in [-0.1, -0.05) is 60.5 Å². The average Bonchev–Trinajstić information content (AvgIpc) is 2.62. The van der Waals surface area contributed by atoms with Crippen molar-refractivity contribution >= 4 is 29.0 Å². The molecule has 2 aromatic carbocycles.